The van der Waals surface area contributed by atoms with Gasteiger partial charge in [-0.2, -0.15) is 0 Å². The van der Waals surface area contributed by atoms with Crippen LogP contribution in [0.5, 0.6) is 0 Å². The molecule has 1 aromatic rings. The maximum Gasteiger partial charge on any atom is 0.293 e. The molecule has 1 saturated carbocycles. The van der Waals surface area contributed by atoms with Crippen molar-refractivity contribution in [3.8, 4) is 0 Å². The Morgan fingerprint density at radius 3 is 2.62 bits per heavy atom. The second-order valence-electron chi connectivity index (χ2n) is 7.22. The van der Waals surface area contributed by atoms with Gasteiger partial charge in [-0.15, -0.1) is 0 Å². The number of nitrogens with two attached hydrogens (primary N) is 1. The second-order valence-corrected chi connectivity index (χ2v) is 7.22. The second kappa shape index (κ2) is 7.17. The number of nitro benzene ring substituents is 1. The summed E-state index contributed by atoms with van der Waals surface area (Å²) in [6, 6.07) is 4.84. The predicted octanol–water partition coefficient (Wildman–Crippen LogP) is 2.66. The summed E-state index contributed by atoms with van der Waals surface area (Å²) in [5.74, 6) is 0.0305. The fourth-order valence-corrected chi connectivity index (χ4v) is 2.83. The molecule has 132 valence electrons. The van der Waals surface area contributed by atoms with E-state index in [0.29, 0.717) is 24.2 Å². The third kappa shape index (κ3) is 4.67. The molecule has 0 spiro atoms. The standard InChI is InChI=1S/C17H26N4O3/c1-11(2)9-17(3,10-18)20-16(22)12-4-7-14(19-13-5-6-13)15(8-12)21(23)24/h4,7-8,11,13,19H,5-6,9-10,18H2,1-3H3,(H,20,22). The van der Waals surface area contributed by atoms with Gasteiger partial charge in [-0.1, -0.05) is 13.8 Å². The van der Waals surface area contributed by atoms with Gasteiger partial charge in [0.2, 0.25) is 0 Å². The van der Waals surface area contributed by atoms with Crippen molar-refractivity contribution < 1.29 is 9.72 Å². The van der Waals surface area contributed by atoms with Crippen LogP contribution in [0.25, 0.3) is 0 Å². The minimum atomic E-state index is -0.537. The zero-order valence-corrected chi connectivity index (χ0v) is 14.5. The van der Waals surface area contributed by atoms with E-state index in [2.05, 4.69) is 24.5 Å². The molecule has 7 heteroatoms. The fraction of sp³-hybridized carbons (Fsp3) is 0.588. The van der Waals surface area contributed by atoms with Crippen LogP contribution < -0.4 is 16.4 Å². The van der Waals surface area contributed by atoms with Crippen molar-refractivity contribution in [2.24, 2.45) is 11.7 Å². The van der Waals surface area contributed by atoms with Crippen LogP contribution in [0.4, 0.5) is 11.4 Å². The minimum absolute atomic E-state index is 0.0761. The summed E-state index contributed by atoms with van der Waals surface area (Å²) < 4.78 is 0. The molecule has 0 saturated heterocycles. The van der Waals surface area contributed by atoms with Gasteiger partial charge in [0.25, 0.3) is 11.6 Å². The van der Waals surface area contributed by atoms with E-state index in [0.717, 1.165) is 19.3 Å². The lowest BCUT2D eigenvalue weighted by Crippen LogP contribution is -2.52. The van der Waals surface area contributed by atoms with Gasteiger partial charge in [0.05, 0.1) is 4.92 Å². The molecule has 4 N–H and O–H groups in total. The number of anilines is 1. The molecule has 1 aliphatic carbocycles. The first kappa shape index (κ1) is 18.2. The zero-order valence-electron chi connectivity index (χ0n) is 14.5. The molecular weight excluding hydrogens is 308 g/mol. The van der Waals surface area contributed by atoms with Crippen LogP contribution >= 0.6 is 0 Å². The topological polar surface area (TPSA) is 110 Å². The maximum absolute atomic E-state index is 12.5. The average Bonchev–Trinajstić information content (AvgIpc) is 3.30. The van der Waals surface area contributed by atoms with Crippen LogP contribution in [0.2, 0.25) is 0 Å². The summed E-state index contributed by atoms with van der Waals surface area (Å²) in [5.41, 5.74) is 5.93. The van der Waals surface area contributed by atoms with Gasteiger partial charge in [-0.3, -0.25) is 14.9 Å². The van der Waals surface area contributed by atoms with Crippen LogP contribution in [0, 0.1) is 16.0 Å². The summed E-state index contributed by atoms with van der Waals surface area (Å²) in [6.45, 7) is 6.31. The first-order valence-corrected chi connectivity index (χ1v) is 8.31. The van der Waals surface area contributed by atoms with E-state index in [-0.39, 0.29) is 17.2 Å². The number of rotatable bonds is 8. The highest BCUT2D eigenvalue weighted by Crippen LogP contribution is 2.31. The summed E-state index contributed by atoms with van der Waals surface area (Å²) in [4.78, 5) is 23.4. The van der Waals surface area contributed by atoms with Gasteiger partial charge in [0.15, 0.2) is 0 Å². The Bertz CT molecular complexity index is 628. The number of carbonyl (C=O) groups is 1. The van der Waals surface area contributed by atoms with Crippen molar-refractivity contribution in [1.82, 2.24) is 5.32 Å². The molecule has 1 aromatic carbocycles. The average molecular weight is 334 g/mol. The number of nitrogens with one attached hydrogen (secondary N) is 2. The van der Waals surface area contributed by atoms with Gasteiger partial charge < -0.3 is 16.4 Å². The largest absolute Gasteiger partial charge is 0.377 e. The Balaban J connectivity index is 2.19. The van der Waals surface area contributed by atoms with Crippen LogP contribution in [0.3, 0.4) is 0 Å². The molecule has 1 unspecified atom stereocenters. The highest BCUT2D eigenvalue weighted by molar-refractivity contribution is 5.96. The molecule has 0 heterocycles. The third-order valence-corrected chi connectivity index (χ3v) is 4.12. The van der Waals surface area contributed by atoms with Gasteiger partial charge >= 0.3 is 0 Å². The number of hydrogen-bond acceptors (Lipinski definition) is 5. The number of nitrogens with zero attached hydrogens (tertiary/aromatic N) is 1. The van der Waals surface area contributed by atoms with Crippen LogP contribution in [-0.2, 0) is 0 Å². The van der Waals surface area contributed by atoms with Gasteiger partial charge in [-0.05, 0) is 44.2 Å². The monoisotopic (exact) mass is 334 g/mol. The van der Waals surface area contributed by atoms with E-state index in [9.17, 15) is 14.9 Å². The first-order chi connectivity index (χ1) is 11.2. The predicted molar refractivity (Wildman–Crippen MR) is 94.1 cm³/mol. The zero-order chi connectivity index (χ0) is 17.9. The quantitative estimate of drug-likeness (QED) is 0.500. The summed E-state index contributed by atoms with van der Waals surface area (Å²) in [5, 5.41) is 17.3. The lowest BCUT2D eigenvalue weighted by Gasteiger charge is -2.31. The Morgan fingerprint density at radius 1 is 1.46 bits per heavy atom. The summed E-state index contributed by atoms with van der Waals surface area (Å²) in [7, 11) is 0. The van der Waals surface area contributed by atoms with E-state index in [1.807, 2.05) is 6.92 Å². The lowest BCUT2D eigenvalue weighted by molar-refractivity contribution is -0.384. The molecular formula is C17H26N4O3. The van der Waals surface area contributed by atoms with E-state index in [1.165, 1.54) is 6.07 Å². The number of nitro groups is 1. The van der Waals surface area contributed by atoms with Crippen molar-refractivity contribution in [3.05, 3.63) is 33.9 Å². The molecule has 24 heavy (non-hydrogen) atoms. The molecule has 1 atom stereocenters. The van der Waals surface area contributed by atoms with Crippen LogP contribution in [0.1, 0.15) is 50.4 Å². The van der Waals surface area contributed by atoms with Crippen molar-refractivity contribution in [2.45, 2.75) is 51.6 Å². The summed E-state index contributed by atoms with van der Waals surface area (Å²) in [6.07, 6.45) is 2.77. The number of amides is 1. The maximum atomic E-state index is 12.5. The normalized spacial score (nSPS) is 16.5. The van der Waals surface area contributed by atoms with Crippen LogP contribution in [0.15, 0.2) is 18.2 Å². The SMILES string of the molecule is CC(C)CC(C)(CN)NC(=O)c1ccc(NC2CC2)c([N+](=O)[O-])c1. The minimum Gasteiger partial charge on any atom is -0.377 e. The van der Waals surface area contributed by atoms with Crippen molar-refractivity contribution in [3.63, 3.8) is 0 Å². The van der Waals surface area contributed by atoms with Gasteiger partial charge in [0.1, 0.15) is 5.69 Å². The van der Waals surface area contributed by atoms with Gasteiger partial charge in [-0.25, -0.2) is 0 Å². The molecule has 0 bridgehead atoms. The molecule has 1 fully saturated rings. The van der Waals surface area contributed by atoms with Crippen molar-refractivity contribution >= 4 is 17.3 Å². The lowest BCUT2D eigenvalue weighted by atomic mass is 9.90. The van der Waals surface area contributed by atoms with E-state index in [1.54, 1.807) is 12.1 Å². The van der Waals surface area contributed by atoms with E-state index in [4.69, 9.17) is 5.73 Å². The Kier molecular flexibility index (Phi) is 5.43. The molecule has 2 rings (SSSR count). The third-order valence-electron chi connectivity index (χ3n) is 4.12. The van der Waals surface area contributed by atoms with E-state index >= 15 is 0 Å². The van der Waals surface area contributed by atoms with Crippen molar-refractivity contribution in [1.29, 1.82) is 0 Å². The van der Waals surface area contributed by atoms with E-state index < -0.39 is 10.5 Å². The van der Waals surface area contributed by atoms with Crippen LogP contribution in [-0.4, -0.2) is 29.0 Å². The van der Waals surface area contributed by atoms with Crippen molar-refractivity contribution in [2.75, 3.05) is 11.9 Å². The molecule has 1 aliphatic rings. The van der Waals surface area contributed by atoms with Gasteiger partial charge in [0, 0.05) is 29.8 Å². The highest BCUT2D eigenvalue weighted by Gasteiger charge is 2.28. The molecule has 0 aromatic heterocycles. The Morgan fingerprint density at radius 2 is 2.12 bits per heavy atom. The molecule has 0 radical (unpaired) electrons. The molecule has 1 amide bonds. The number of hydrogen-bond donors (Lipinski definition) is 3. The fourth-order valence-electron chi connectivity index (χ4n) is 2.83. The Labute approximate surface area is 142 Å². The smallest absolute Gasteiger partial charge is 0.293 e. The highest BCUT2D eigenvalue weighted by atomic mass is 16.6. The molecule has 0 aliphatic heterocycles. The summed E-state index contributed by atoms with van der Waals surface area (Å²) >= 11 is 0. The number of benzene rings is 1. The number of carbonyl (C=O) groups excluding carboxylic acids is 1. The molecule has 7 nitrogen and oxygen atoms in total. The first-order valence-electron chi connectivity index (χ1n) is 8.31. The Hall–Kier alpha value is -2.15.